The van der Waals surface area contributed by atoms with E-state index in [1.165, 1.54) is 83.3 Å². The van der Waals surface area contributed by atoms with Crippen LogP contribution in [0, 0.1) is 23.5 Å². The molecule has 0 unspecified atom stereocenters. The van der Waals surface area contributed by atoms with Gasteiger partial charge >= 0.3 is 0 Å². The van der Waals surface area contributed by atoms with Gasteiger partial charge in [-0.3, -0.25) is 28.8 Å². The van der Waals surface area contributed by atoms with Gasteiger partial charge in [-0.15, -0.1) is 0 Å². The molecule has 2 amide bonds. The lowest BCUT2D eigenvalue weighted by molar-refractivity contribution is 0.0817. The highest BCUT2D eigenvalue weighted by Gasteiger charge is 2.27. The number of phenols is 2. The van der Waals surface area contributed by atoms with Crippen LogP contribution in [0.25, 0.3) is 0 Å². The molecule has 0 bridgehead atoms. The van der Waals surface area contributed by atoms with Crippen LogP contribution in [0.1, 0.15) is 84.9 Å². The Hall–Kier alpha value is -7.76. The minimum Gasteiger partial charge on any atom is -0.505 e. The SMILES string of the molecule is CN(C)C(=O)c1cccc(Nc2c(Nc3ccc(F)cc3OCC3CCCCC3)c(=O)c2=O)c1O.CN(C)C(=O)c1cccc(Nc2c(Nc3ccc(F)cc3OCC3CCCCC3)c(=O)c2=O)c1O. The lowest BCUT2D eigenvalue weighted by Gasteiger charge is -2.23. The van der Waals surface area contributed by atoms with E-state index in [2.05, 4.69) is 21.3 Å². The molecule has 8 rings (SSSR count). The van der Waals surface area contributed by atoms with Gasteiger partial charge in [0.25, 0.3) is 33.5 Å². The second-order valence-electron chi connectivity index (χ2n) is 18.0. The Morgan fingerprint density at radius 3 is 1.17 bits per heavy atom. The molecular formula is C52H56F2N6O10. The second-order valence-corrected chi connectivity index (χ2v) is 18.0. The van der Waals surface area contributed by atoms with E-state index in [4.69, 9.17) is 9.47 Å². The van der Waals surface area contributed by atoms with Crippen LogP contribution in [-0.4, -0.2) is 73.2 Å². The first kappa shape index (κ1) is 50.1. The van der Waals surface area contributed by atoms with E-state index < -0.39 is 45.2 Å². The van der Waals surface area contributed by atoms with Gasteiger partial charge in [-0.2, -0.15) is 0 Å². The summed E-state index contributed by atoms with van der Waals surface area (Å²) in [6.45, 7) is 0.880. The van der Waals surface area contributed by atoms with Crippen LogP contribution in [0.3, 0.4) is 0 Å². The predicted octanol–water partition coefficient (Wildman–Crippen LogP) is 8.55. The average Bonchev–Trinajstić information content (AvgIpc) is 3.36. The molecule has 2 fully saturated rings. The number of nitrogens with zero attached hydrogens (tertiary/aromatic N) is 2. The number of phenolic OH excluding ortho intramolecular Hbond substituents is 2. The number of carbonyl (C=O) groups excluding carboxylic acids is 2. The molecule has 0 aliphatic heterocycles. The Balaban J connectivity index is 0.000000206. The first-order valence-corrected chi connectivity index (χ1v) is 23.2. The van der Waals surface area contributed by atoms with E-state index in [9.17, 15) is 47.8 Å². The molecular weight excluding hydrogens is 907 g/mol. The number of amides is 2. The Bertz CT molecular complexity index is 2820. The van der Waals surface area contributed by atoms with Gasteiger partial charge < -0.3 is 50.8 Å². The van der Waals surface area contributed by atoms with E-state index in [0.717, 1.165) is 51.4 Å². The molecule has 0 saturated heterocycles. The van der Waals surface area contributed by atoms with Crippen molar-refractivity contribution in [3.8, 4) is 23.0 Å². The molecule has 6 aromatic rings. The Morgan fingerprint density at radius 2 is 0.843 bits per heavy atom. The summed E-state index contributed by atoms with van der Waals surface area (Å²) in [7, 11) is 6.21. The molecule has 2 aliphatic rings. The van der Waals surface area contributed by atoms with Gasteiger partial charge in [-0.05, 0) is 86.1 Å². The summed E-state index contributed by atoms with van der Waals surface area (Å²) in [5, 5.41) is 32.4. The van der Waals surface area contributed by atoms with Crippen LogP contribution in [0.5, 0.6) is 23.0 Å². The third-order valence-corrected chi connectivity index (χ3v) is 12.5. The molecule has 16 nitrogen and oxygen atoms in total. The number of benzene rings is 4. The molecule has 0 radical (unpaired) electrons. The van der Waals surface area contributed by atoms with Crippen molar-refractivity contribution in [3.63, 3.8) is 0 Å². The third-order valence-electron chi connectivity index (χ3n) is 12.5. The number of hydrogen-bond donors (Lipinski definition) is 6. The zero-order valence-electron chi connectivity index (χ0n) is 39.4. The van der Waals surface area contributed by atoms with Crippen molar-refractivity contribution in [2.24, 2.45) is 11.8 Å². The van der Waals surface area contributed by atoms with Gasteiger partial charge in [0.15, 0.2) is 11.5 Å². The van der Waals surface area contributed by atoms with Crippen molar-refractivity contribution in [3.05, 3.63) is 136 Å². The molecule has 0 heterocycles. The predicted molar refractivity (Wildman–Crippen MR) is 265 cm³/mol. The number of para-hydroxylation sites is 2. The van der Waals surface area contributed by atoms with Crippen molar-refractivity contribution in [2.45, 2.75) is 64.2 Å². The van der Waals surface area contributed by atoms with Gasteiger partial charge in [0, 0.05) is 40.3 Å². The quantitative estimate of drug-likeness (QED) is 0.0396. The number of nitrogens with one attached hydrogen (secondary N) is 4. The third kappa shape index (κ3) is 11.4. The molecule has 2 saturated carbocycles. The Kier molecular flexibility index (Phi) is 15.8. The van der Waals surface area contributed by atoms with E-state index in [1.54, 1.807) is 40.3 Å². The monoisotopic (exact) mass is 962 g/mol. The highest BCUT2D eigenvalue weighted by molar-refractivity contribution is 6.00. The van der Waals surface area contributed by atoms with Crippen molar-refractivity contribution in [2.75, 3.05) is 62.7 Å². The molecule has 0 aromatic heterocycles. The first-order chi connectivity index (χ1) is 33.5. The first-order valence-electron chi connectivity index (χ1n) is 23.2. The van der Waals surface area contributed by atoms with Crippen molar-refractivity contribution < 1.29 is 38.1 Å². The molecule has 6 aromatic carbocycles. The second kappa shape index (κ2) is 22.1. The summed E-state index contributed by atoms with van der Waals surface area (Å²) >= 11 is 0. The summed E-state index contributed by atoms with van der Waals surface area (Å²) in [4.78, 5) is 76.6. The minimum absolute atomic E-state index is 0.0344. The van der Waals surface area contributed by atoms with Gasteiger partial charge in [0.05, 0.1) is 47.1 Å². The lowest BCUT2D eigenvalue weighted by Crippen LogP contribution is -2.36. The number of anilines is 8. The lowest BCUT2D eigenvalue weighted by atomic mass is 9.90. The van der Waals surface area contributed by atoms with E-state index in [-0.39, 0.29) is 68.2 Å². The van der Waals surface area contributed by atoms with E-state index in [1.807, 2.05) is 0 Å². The van der Waals surface area contributed by atoms with Crippen molar-refractivity contribution in [1.29, 1.82) is 0 Å². The molecule has 6 N–H and O–H groups in total. The fraction of sp³-hybridized carbons (Fsp3) is 0.346. The van der Waals surface area contributed by atoms with Crippen LogP contribution in [0.2, 0.25) is 0 Å². The number of carbonyl (C=O) groups is 2. The standard InChI is InChI=1S/2C26H28FN3O5/c2*1-30(2)26(34)17-9-6-10-19(23(17)31)29-22-21(24(32)25(22)33)28-18-12-11-16(27)13-20(18)35-14-15-7-4-3-5-8-15/h2*6,9-13,15,28-29,31H,3-5,7-8,14H2,1-2H3. The van der Waals surface area contributed by atoms with Crippen LogP contribution in [-0.2, 0) is 0 Å². The molecule has 0 spiro atoms. The van der Waals surface area contributed by atoms with E-state index in [0.29, 0.717) is 36.4 Å². The van der Waals surface area contributed by atoms with Gasteiger partial charge in [-0.25, -0.2) is 8.78 Å². The summed E-state index contributed by atoms with van der Waals surface area (Å²) in [6.07, 6.45) is 11.3. The number of aromatic hydroxyl groups is 2. The Labute approximate surface area is 402 Å². The molecule has 18 heteroatoms. The fourth-order valence-corrected chi connectivity index (χ4v) is 8.48. The summed E-state index contributed by atoms with van der Waals surface area (Å²) in [6, 6.07) is 16.8. The number of rotatable bonds is 16. The largest absolute Gasteiger partial charge is 0.505 e. The van der Waals surface area contributed by atoms with Gasteiger partial charge in [0.2, 0.25) is 0 Å². The highest BCUT2D eigenvalue weighted by Crippen LogP contribution is 2.38. The maximum Gasteiger partial charge on any atom is 0.257 e. The summed E-state index contributed by atoms with van der Waals surface area (Å²) < 4.78 is 39.7. The molecule has 368 valence electrons. The summed E-state index contributed by atoms with van der Waals surface area (Å²) in [5.74, 6) is -1.21. The molecule has 70 heavy (non-hydrogen) atoms. The number of ether oxygens (including phenoxy) is 2. The zero-order valence-corrected chi connectivity index (χ0v) is 39.4. The van der Waals surface area contributed by atoms with Crippen LogP contribution in [0.15, 0.2) is 92.0 Å². The van der Waals surface area contributed by atoms with Crippen LogP contribution < -0.4 is 52.5 Å². The summed E-state index contributed by atoms with van der Waals surface area (Å²) in [5.41, 5.74) is -2.28. The topological polar surface area (TPSA) is 216 Å². The van der Waals surface area contributed by atoms with Crippen LogP contribution >= 0.6 is 0 Å². The normalized spacial score (nSPS) is 14.0. The van der Waals surface area contributed by atoms with Gasteiger partial charge in [0.1, 0.15) is 45.9 Å². The average molecular weight is 963 g/mol. The maximum atomic E-state index is 13.9. The Morgan fingerprint density at radius 1 is 0.514 bits per heavy atom. The smallest absolute Gasteiger partial charge is 0.257 e. The van der Waals surface area contributed by atoms with Gasteiger partial charge in [-0.1, -0.05) is 50.7 Å². The maximum absolute atomic E-state index is 13.9. The fourth-order valence-electron chi connectivity index (χ4n) is 8.48. The molecule has 2 aliphatic carbocycles. The van der Waals surface area contributed by atoms with Crippen molar-refractivity contribution >= 4 is 57.3 Å². The van der Waals surface area contributed by atoms with Crippen LogP contribution in [0.4, 0.5) is 54.3 Å². The zero-order chi connectivity index (χ0) is 50.2. The minimum atomic E-state index is -0.775. The van der Waals surface area contributed by atoms with E-state index >= 15 is 0 Å². The highest BCUT2D eigenvalue weighted by atomic mass is 19.1. The number of hydrogen-bond acceptors (Lipinski definition) is 14. The molecule has 0 atom stereocenters. The van der Waals surface area contributed by atoms with Crippen molar-refractivity contribution in [1.82, 2.24) is 9.80 Å². The number of halogens is 2.